The van der Waals surface area contributed by atoms with Crippen LogP contribution in [0.15, 0.2) is 18.2 Å². The molecule has 2 nitrogen and oxygen atoms in total. The lowest BCUT2D eigenvalue weighted by Gasteiger charge is -2.21. The zero-order valence-corrected chi connectivity index (χ0v) is 11.1. The molecule has 0 amide bonds. The van der Waals surface area contributed by atoms with Gasteiger partial charge in [0.05, 0.1) is 0 Å². The number of rotatable bonds is 4. The molecule has 1 rings (SSSR count). The average molecular weight is 261 g/mol. The Hall–Kier alpha value is -0.280. The maximum atomic E-state index is 6.08. The molecule has 0 heterocycles. The van der Waals surface area contributed by atoms with Gasteiger partial charge in [-0.05, 0) is 44.4 Å². The van der Waals surface area contributed by atoms with E-state index in [0.29, 0.717) is 10.0 Å². The molecule has 0 aliphatic heterocycles. The summed E-state index contributed by atoms with van der Waals surface area (Å²) in [5, 5.41) is 1.25. The predicted molar refractivity (Wildman–Crippen MR) is 70.9 cm³/mol. The van der Waals surface area contributed by atoms with Crippen molar-refractivity contribution in [3.8, 4) is 0 Å². The summed E-state index contributed by atoms with van der Waals surface area (Å²) in [4.78, 5) is 0. The molecule has 1 aromatic rings. The molecule has 0 fully saturated rings. The summed E-state index contributed by atoms with van der Waals surface area (Å²) in [6.45, 7) is 3.98. The van der Waals surface area contributed by atoms with E-state index in [2.05, 4.69) is 0 Å². The van der Waals surface area contributed by atoms with Gasteiger partial charge in [-0.3, -0.25) is 0 Å². The second kappa shape index (κ2) is 5.37. The maximum Gasteiger partial charge on any atom is 0.0468 e. The van der Waals surface area contributed by atoms with E-state index in [-0.39, 0.29) is 11.6 Å². The van der Waals surface area contributed by atoms with E-state index < -0.39 is 0 Å². The molecule has 0 bridgehead atoms. The maximum absolute atomic E-state index is 6.08. The predicted octanol–water partition coefficient (Wildman–Crippen LogP) is 3.51. The van der Waals surface area contributed by atoms with E-state index >= 15 is 0 Å². The van der Waals surface area contributed by atoms with Crippen LogP contribution >= 0.6 is 23.2 Å². The van der Waals surface area contributed by atoms with Gasteiger partial charge in [0.1, 0.15) is 0 Å². The lowest BCUT2D eigenvalue weighted by molar-refractivity contribution is 0.433. The highest BCUT2D eigenvalue weighted by atomic mass is 35.5. The fourth-order valence-corrected chi connectivity index (χ4v) is 2.03. The Kier molecular flexibility index (Phi) is 4.62. The molecule has 1 aromatic carbocycles. The van der Waals surface area contributed by atoms with Gasteiger partial charge in [-0.1, -0.05) is 29.3 Å². The van der Waals surface area contributed by atoms with Crippen molar-refractivity contribution < 1.29 is 0 Å². The Bertz CT molecular complexity index is 359. The van der Waals surface area contributed by atoms with Crippen molar-refractivity contribution in [2.24, 2.45) is 11.5 Å². The van der Waals surface area contributed by atoms with Crippen LogP contribution in [0.1, 0.15) is 38.3 Å². The fourth-order valence-electron chi connectivity index (χ4n) is 1.49. The molecule has 90 valence electrons. The molecule has 0 spiro atoms. The number of hydrogen-bond donors (Lipinski definition) is 2. The van der Waals surface area contributed by atoms with Gasteiger partial charge in [0.2, 0.25) is 0 Å². The van der Waals surface area contributed by atoms with E-state index in [4.69, 9.17) is 34.7 Å². The van der Waals surface area contributed by atoms with Crippen LogP contribution in [0.4, 0.5) is 0 Å². The van der Waals surface area contributed by atoms with Gasteiger partial charge in [0, 0.05) is 21.6 Å². The fraction of sp³-hybridized carbons (Fsp3) is 0.500. The summed E-state index contributed by atoms with van der Waals surface area (Å²) in [6.07, 6.45) is 1.66. The van der Waals surface area contributed by atoms with Crippen molar-refractivity contribution in [3.63, 3.8) is 0 Å². The van der Waals surface area contributed by atoms with Crippen LogP contribution in [-0.4, -0.2) is 5.54 Å². The van der Waals surface area contributed by atoms with Crippen molar-refractivity contribution >= 4 is 23.2 Å². The largest absolute Gasteiger partial charge is 0.326 e. The van der Waals surface area contributed by atoms with E-state index in [0.717, 1.165) is 18.4 Å². The first-order valence-electron chi connectivity index (χ1n) is 5.29. The lowest BCUT2D eigenvalue weighted by atomic mass is 9.94. The summed E-state index contributed by atoms with van der Waals surface area (Å²) in [6, 6.07) is 5.30. The first-order chi connectivity index (χ1) is 7.29. The third-order valence-corrected chi connectivity index (χ3v) is 3.02. The van der Waals surface area contributed by atoms with Gasteiger partial charge in [0.25, 0.3) is 0 Å². The number of halogens is 2. The molecule has 0 saturated heterocycles. The summed E-state index contributed by atoms with van der Waals surface area (Å²) >= 11 is 11.9. The molecule has 0 aromatic heterocycles. The van der Waals surface area contributed by atoms with E-state index in [1.807, 2.05) is 19.9 Å². The molecule has 1 atom stereocenters. The molecular weight excluding hydrogens is 243 g/mol. The van der Waals surface area contributed by atoms with Crippen molar-refractivity contribution in [2.75, 3.05) is 0 Å². The minimum absolute atomic E-state index is 0.0902. The SMILES string of the molecule is CC(C)(N)CCC(N)c1ccc(Cl)cc1Cl. The Morgan fingerprint density at radius 2 is 1.94 bits per heavy atom. The minimum atomic E-state index is -0.198. The molecule has 0 aliphatic rings. The summed E-state index contributed by atoms with van der Waals surface area (Å²) in [5.41, 5.74) is 12.7. The molecule has 0 aliphatic carbocycles. The van der Waals surface area contributed by atoms with Crippen LogP contribution in [0.3, 0.4) is 0 Å². The Balaban J connectivity index is 2.70. The van der Waals surface area contributed by atoms with Crippen LogP contribution in [0.2, 0.25) is 10.0 Å². The highest BCUT2D eigenvalue weighted by molar-refractivity contribution is 6.35. The zero-order chi connectivity index (χ0) is 12.3. The zero-order valence-electron chi connectivity index (χ0n) is 9.63. The Morgan fingerprint density at radius 3 is 2.44 bits per heavy atom. The molecular formula is C12H18Cl2N2. The minimum Gasteiger partial charge on any atom is -0.326 e. The van der Waals surface area contributed by atoms with Gasteiger partial charge in [-0.2, -0.15) is 0 Å². The number of hydrogen-bond acceptors (Lipinski definition) is 2. The summed E-state index contributed by atoms with van der Waals surface area (Å²) in [7, 11) is 0. The third-order valence-electron chi connectivity index (χ3n) is 2.46. The first kappa shape index (κ1) is 13.8. The van der Waals surface area contributed by atoms with Gasteiger partial charge in [-0.25, -0.2) is 0 Å². The second-order valence-corrected chi connectivity index (χ2v) is 5.64. The van der Waals surface area contributed by atoms with Crippen LogP contribution < -0.4 is 11.5 Å². The third kappa shape index (κ3) is 4.30. The molecule has 16 heavy (non-hydrogen) atoms. The standard InChI is InChI=1S/C12H18Cl2N2/c1-12(2,16)6-5-11(15)9-4-3-8(13)7-10(9)14/h3-4,7,11H,5-6,15-16H2,1-2H3. The quantitative estimate of drug-likeness (QED) is 0.871. The van der Waals surface area contributed by atoms with Crippen LogP contribution in [0.25, 0.3) is 0 Å². The number of benzene rings is 1. The van der Waals surface area contributed by atoms with Crippen molar-refractivity contribution in [1.82, 2.24) is 0 Å². The van der Waals surface area contributed by atoms with Crippen LogP contribution in [-0.2, 0) is 0 Å². The summed E-state index contributed by atoms with van der Waals surface area (Å²) in [5.74, 6) is 0. The molecule has 1 unspecified atom stereocenters. The topological polar surface area (TPSA) is 52.0 Å². The smallest absolute Gasteiger partial charge is 0.0468 e. The normalized spacial score (nSPS) is 13.9. The van der Waals surface area contributed by atoms with Crippen LogP contribution in [0.5, 0.6) is 0 Å². The Labute approximate surface area is 107 Å². The van der Waals surface area contributed by atoms with E-state index in [1.54, 1.807) is 12.1 Å². The van der Waals surface area contributed by atoms with Gasteiger partial charge < -0.3 is 11.5 Å². The van der Waals surface area contributed by atoms with E-state index in [1.165, 1.54) is 0 Å². The van der Waals surface area contributed by atoms with E-state index in [9.17, 15) is 0 Å². The summed E-state index contributed by atoms with van der Waals surface area (Å²) < 4.78 is 0. The molecule has 4 N–H and O–H groups in total. The second-order valence-electron chi connectivity index (χ2n) is 4.80. The van der Waals surface area contributed by atoms with Crippen LogP contribution in [0, 0.1) is 0 Å². The number of nitrogens with two attached hydrogens (primary N) is 2. The molecule has 4 heteroatoms. The lowest BCUT2D eigenvalue weighted by Crippen LogP contribution is -2.32. The van der Waals surface area contributed by atoms with Crippen molar-refractivity contribution in [3.05, 3.63) is 33.8 Å². The monoisotopic (exact) mass is 260 g/mol. The molecule has 0 saturated carbocycles. The van der Waals surface area contributed by atoms with Gasteiger partial charge in [0.15, 0.2) is 0 Å². The average Bonchev–Trinajstić information content (AvgIpc) is 2.13. The first-order valence-corrected chi connectivity index (χ1v) is 6.04. The Morgan fingerprint density at radius 1 is 1.31 bits per heavy atom. The highest BCUT2D eigenvalue weighted by Gasteiger charge is 2.16. The molecule has 0 radical (unpaired) electrons. The highest BCUT2D eigenvalue weighted by Crippen LogP contribution is 2.28. The van der Waals surface area contributed by atoms with Gasteiger partial charge in [-0.15, -0.1) is 0 Å². The van der Waals surface area contributed by atoms with Crippen molar-refractivity contribution in [2.45, 2.75) is 38.3 Å². The van der Waals surface area contributed by atoms with Gasteiger partial charge >= 0.3 is 0 Å². The van der Waals surface area contributed by atoms with Crippen molar-refractivity contribution in [1.29, 1.82) is 0 Å².